The Kier molecular flexibility index (Phi) is 3.12. The van der Waals surface area contributed by atoms with Crippen molar-refractivity contribution in [2.75, 3.05) is 11.6 Å². The standard InChI is InChI=1S/C14H12N4O2/c19-18(20)13-8-6-12(7-9-13)17-14(10-15-16-17)11-4-2-1-3-5-11/h1-9,14H,10H2/t14-/m1/s1. The number of benzene rings is 2. The van der Waals surface area contributed by atoms with E-state index in [1.54, 1.807) is 17.1 Å². The summed E-state index contributed by atoms with van der Waals surface area (Å²) in [6.07, 6.45) is 0. The smallest absolute Gasteiger partial charge is 0.258 e. The van der Waals surface area contributed by atoms with E-state index in [2.05, 4.69) is 10.3 Å². The van der Waals surface area contributed by atoms with Crippen molar-refractivity contribution in [1.29, 1.82) is 0 Å². The molecule has 0 unspecified atom stereocenters. The van der Waals surface area contributed by atoms with Crippen LogP contribution >= 0.6 is 0 Å². The number of rotatable bonds is 3. The van der Waals surface area contributed by atoms with Gasteiger partial charge in [-0.25, -0.2) is 5.01 Å². The molecule has 0 N–H and O–H groups in total. The minimum absolute atomic E-state index is 0.0395. The van der Waals surface area contributed by atoms with Crippen molar-refractivity contribution < 1.29 is 4.92 Å². The van der Waals surface area contributed by atoms with Crippen molar-refractivity contribution >= 4 is 11.4 Å². The number of nitro groups is 1. The fraction of sp³-hybridized carbons (Fsp3) is 0.143. The average Bonchev–Trinajstić information content (AvgIpc) is 2.97. The molecule has 0 saturated heterocycles. The molecule has 2 aromatic carbocycles. The second-order valence-corrected chi connectivity index (χ2v) is 4.46. The van der Waals surface area contributed by atoms with Gasteiger partial charge in [-0.3, -0.25) is 10.1 Å². The normalized spacial score (nSPS) is 17.4. The molecular weight excluding hydrogens is 256 g/mol. The van der Waals surface area contributed by atoms with Crippen LogP contribution in [0.3, 0.4) is 0 Å². The van der Waals surface area contributed by atoms with Crippen LogP contribution in [0.4, 0.5) is 11.4 Å². The minimum Gasteiger partial charge on any atom is -0.258 e. The summed E-state index contributed by atoms with van der Waals surface area (Å²) in [5, 5.41) is 20.7. The second kappa shape index (κ2) is 5.08. The third-order valence-corrected chi connectivity index (χ3v) is 3.22. The van der Waals surface area contributed by atoms with Crippen LogP contribution in [0.25, 0.3) is 0 Å². The topological polar surface area (TPSA) is 71.1 Å². The molecule has 0 amide bonds. The van der Waals surface area contributed by atoms with Gasteiger partial charge < -0.3 is 0 Å². The Morgan fingerprint density at radius 1 is 1.10 bits per heavy atom. The van der Waals surface area contributed by atoms with Gasteiger partial charge in [0.1, 0.15) is 6.04 Å². The Morgan fingerprint density at radius 3 is 2.45 bits per heavy atom. The Hall–Kier alpha value is -2.76. The van der Waals surface area contributed by atoms with Gasteiger partial charge in [-0.15, -0.1) is 0 Å². The molecule has 0 spiro atoms. The lowest BCUT2D eigenvalue weighted by Gasteiger charge is -2.21. The summed E-state index contributed by atoms with van der Waals surface area (Å²) in [5.41, 5.74) is 1.99. The van der Waals surface area contributed by atoms with E-state index in [9.17, 15) is 10.1 Å². The SMILES string of the molecule is O=[N+]([O-])c1ccc(N2N=NC[C@@H]2c2ccccc2)cc1. The van der Waals surface area contributed by atoms with Gasteiger partial charge >= 0.3 is 0 Å². The summed E-state index contributed by atoms with van der Waals surface area (Å²) in [7, 11) is 0. The van der Waals surface area contributed by atoms with Crippen molar-refractivity contribution in [3.63, 3.8) is 0 Å². The highest BCUT2D eigenvalue weighted by molar-refractivity contribution is 5.52. The van der Waals surface area contributed by atoms with Gasteiger partial charge in [0.15, 0.2) is 0 Å². The molecule has 0 aliphatic carbocycles. The van der Waals surface area contributed by atoms with Crippen molar-refractivity contribution in [2.45, 2.75) is 6.04 Å². The van der Waals surface area contributed by atoms with E-state index in [-0.39, 0.29) is 11.7 Å². The van der Waals surface area contributed by atoms with Gasteiger partial charge in [0, 0.05) is 12.1 Å². The zero-order valence-electron chi connectivity index (χ0n) is 10.6. The summed E-state index contributed by atoms with van der Waals surface area (Å²) >= 11 is 0. The first kappa shape index (κ1) is 12.3. The predicted octanol–water partition coefficient (Wildman–Crippen LogP) is 3.52. The van der Waals surface area contributed by atoms with Crippen LogP contribution in [0.1, 0.15) is 11.6 Å². The van der Waals surface area contributed by atoms with Crippen molar-refractivity contribution in [1.82, 2.24) is 0 Å². The first-order valence-electron chi connectivity index (χ1n) is 6.22. The van der Waals surface area contributed by atoms with E-state index in [1.165, 1.54) is 12.1 Å². The number of nitrogens with zero attached hydrogens (tertiary/aromatic N) is 4. The Balaban J connectivity index is 1.88. The van der Waals surface area contributed by atoms with E-state index in [0.717, 1.165) is 11.3 Å². The molecule has 3 rings (SSSR count). The van der Waals surface area contributed by atoms with Crippen molar-refractivity contribution in [3.8, 4) is 0 Å². The average molecular weight is 268 g/mol. The summed E-state index contributed by atoms with van der Waals surface area (Å²) in [4.78, 5) is 10.3. The maximum absolute atomic E-state index is 10.7. The second-order valence-electron chi connectivity index (χ2n) is 4.46. The fourth-order valence-electron chi connectivity index (χ4n) is 2.20. The molecule has 0 bridgehead atoms. The van der Waals surface area contributed by atoms with Crippen LogP contribution in [0.15, 0.2) is 64.9 Å². The maximum Gasteiger partial charge on any atom is 0.269 e. The zero-order chi connectivity index (χ0) is 13.9. The third-order valence-electron chi connectivity index (χ3n) is 3.22. The highest BCUT2D eigenvalue weighted by Gasteiger charge is 2.25. The Morgan fingerprint density at radius 2 is 1.80 bits per heavy atom. The molecule has 6 heteroatoms. The van der Waals surface area contributed by atoms with Gasteiger partial charge in [0.25, 0.3) is 5.69 Å². The lowest BCUT2D eigenvalue weighted by atomic mass is 10.1. The number of hydrogen-bond acceptors (Lipinski definition) is 5. The number of hydrogen-bond donors (Lipinski definition) is 0. The van der Waals surface area contributed by atoms with Crippen LogP contribution < -0.4 is 5.01 Å². The van der Waals surface area contributed by atoms with Crippen LogP contribution in [0.2, 0.25) is 0 Å². The summed E-state index contributed by atoms with van der Waals surface area (Å²) in [6, 6.07) is 16.3. The van der Waals surface area contributed by atoms with Crippen molar-refractivity contribution in [3.05, 3.63) is 70.3 Å². The minimum atomic E-state index is -0.413. The van der Waals surface area contributed by atoms with Gasteiger partial charge in [-0.05, 0) is 17.7 Å². The molecule has 0 aromatic heterocycles. The molecule has 100 valence electrons. The van der Waals surface area contributed by atoms with E-state index in [1.807, 2.05) is 30.3 Å². The number of nitro benzene ring substituents is 1. The zero-order valence-corrected chi connectivity index (χ0v) is 10.6. The van der Waals surface area contributed by atoms with Crippen LogP contribution in [-0.2, 0) is 0 Å². The Bertz CT molecular complexity index is 640. The Labute approximate surface area is 115 Å². The van der Waals surface area contributed by atoms with E-state index in [0.29, 0.717) is 6.54 Å². The van der Waals surface area contributed by atoms with E-state index < -0.39 is 4.92 Å². The van der Waals surface area contributed by atoms with Gasteiger partial charge in [-0.1, -0.05) is 35.6 Å². The molecule has 0 saturated carbocycles. The summed E-state index contributed by atoms with van der Waals surface area (Å²) in [6.45, 7) is 0.584. The molecule has 2 aromatic rings. The van der Waals surface area contributed by atoms with Crippen LogP contribution in [0, 0.1) is 10.1 Å². The lowest BCUT2D eigenvalue weighted by molar-refractivity contribution is -0.384. The molecule has 1 aliphatic heterocycles. The lowest BCUT2D eigenvalue weighted by Crippen LogP contribution is -2.20. The van der Waals surface area contributed by atoms with Crippen LogP contribution in [-0.4, -0.2) is 11.5 Å². The quantitative estimate of drug-likeness (QED) is 0.631. The molecule has 0 radical (unpaired) electrons. The van der Waals surface area contributed by atoms with Crippen molar-refractivity contribution in [2.24, 2.45) is 10.3 Å². The molecular formula is C14H12N4O2. The maximum atomic E-state index is 10.7. The van der Waals surface area contributed by atoms with Gasteiger partial charge in [-0.2, -0.15) is 5.11 Å². The van der Waals surface area contributed by atoms with E-state index in [4.69, 9.17) is 0 Å². The monoisotopic (exact) mass is 268 g/mol. The number of non-ortho nitro benzene ring substituents is 1. The first-order valence-corrected chi connectivity index (χ1v) is 6.22. The third kappa shape index (κ3) is 2.23. The molecule has 1 atom stereocenters. The van der Waals surface area contributed by atoms with Gasteiger partial charge in [0.05, 0.1) is 17.2 Å². The molecule has 1 aliphatic rings. The predicted molar refractivity (Wildman–Crippen MR) is 74.5 cm³/mol. The number of anilines is 1. The highest BCUT2D eigenvalue weighted by atomic mass is 16.6. The van der Waals surface area contributed by atoms with Gasteiger partial charge in [0.2, 0.25) is 0 Å². The highest BCUT2D eigenvalue weighted by Crippen LogP contribution is 2.32. The molecule has 20 heavy (non-hydrogen) atoms. The summed E-state index contributed by atoms with van der Waals surface area (Å²) in [5.74, 6) is 0. The molecule has 6 nitrogen and oxygen atoms in total. The first-order chi connectivity index (χ1) is 9.75. The van der Waals surface area contributed by atoms with Crippen LogP contribution in [0.5, 0.6) is 0 Å². The molecule has 1 heterocycles. The van der Waals surface area contributed by atoms with E-state index >= 15 is 0 Å². The fourth-order valence-corrected chi connectivity index (χ4v) is 2.20. The molecule has 0 fully saturated rings. The summed E-state index contributed by atoms with van der Waals surface area (Å²) < 4.78 is 0. The largest absolute Gasteiger partial charge is 0.269 e.